The summed E-state index contributed by atoms with van der Waals surface area (Å²) in [4.78, 5) is 0. The highest BCUT2D eigenvalue weighted by atomic mass is 16.5. The molecule has 0 aromatic carbocycles. The molecule has 0 spiro atoms. The molecule has 0 unspecified atom stereocenters. The molecule has 0 heterocycles. The maximum Gasteiger partial charge on any atom is 0.0477 e. The van der Waals surface area contributed by atoms with Gasteiger partial charge in [0.1, 0.15) is 0 Å². The molecule has 2 heteroatoms. The van der Waals surface area contributed by atoms with E-state index in [9.17, 15) is 0 Å². The second-order valence-electron chi connectivity index (χ2n) is 2.65. The van der Waals surface area contributed by atoms with Crippen molar-refractivity contribution < 1.29 is 4.74 Å². The van der Waals surface area contributed by atoms with Crippen LogP contribution in [0.5, 0.6) is 0 Å². The standard InChI is InChI=1S/C9H21NO.C2H6/c1-3-5-7-10-8-6-9-11-4-2;1-2/h10H,3-9H2,1-2H3;1-2H3. The van der Waals surface area contributed by atoms with Gasteiger partial charge in [-0.05, 0) is 32.9 Å². The van der Waals surface area contributed by atoms with E-state index in [1.165, 1.54) is 12.8 Å². The van der Waals surface area contributed by atoms with Gasteiger partial charge in [0.05, 0.1) is 0 Å². The van der Waals surface area contributed by atoms with E-state index in [0.29, 0.717) is 0 Å². The summed E-state index contributed by atoms with van der Waals surface area (Å²) in [6.07, 6.45) is 3.70. The van der Waals surface area contributed by atoms with Gasteiger partial charge in [-0.15, -0.1) is 0 Å². The number of unbranched alkanes of at least 4 members (excludes halogenated alkanes) is 1. The second kappa shape index (κ2) is 17.9. The molecule has 13 heavy (non-hydrogen) atoms. The Morgan fingerprint density at radius 1 is 1.00 bits per heavy atom. The quantitative estimate of drug-likeness (QED) is 0.593. The first-order valence-corrected chi connectivity index (χ1v) is 5.70. The van der Waals surface area contributed by atoms with Crippen LogP contribution in [0, 0.1) is 0 Å². The first-order valence-electron chi connectivity index (χ1n) is 5.70. The van der Waals surface area contributed by atoms with E-state index in [1.807, 2.05) is 20.8 Å². The Morgan fingerprint density at radius 3 is 2.15 bits per heavy atom. The third kappa shape index (κ3) is 18.7. The van der Waals surface area contributed by atoms with Gasteiger partial charge in [-0.25, -0.2) is 0 Å². The number of nitrogens with one attached hydrogen (secondary N) is 1. The number of rotatable bonds is 8. The van der Waals surface area contributed by atoms with E-state index >= 15 is 0 Å². The summed E-state index contributed by atoms with van der Waals surface area (Å²) < 4.78 is 5.20. The molecule has 0 aliphatic heterocycles. The van der Waals surface area contributed by atoms with Gasteiger partial charge < -0.3 is 10.1 Å². The van der Waals surface area contributed by atoms with E-state index in [2.05, 4.69) is 12.2 Å². The highest BCUT2D eigenvalue weighted by Crippen LogP contribution is 1.84. The van der Waals surface area contributed by atoms with Crippen molar-refractivity contribution in [3.05, 3.63) is 0 Å². The zero-order valence-electron chi connectivity index (χ0n) is 9.86. The molecule has 0 aliphatic rings. The minimum atomic E-state index is 0.842. The molecule has 0 amide bonds. The highest BCUT2D eigenvalue weighted by Gasteiger charge is 1.86. The van der Waals surface area contributed by atoms with Crippen molar-refractivity contribution in [2.45, 2.75) is 47.0 Å². The van der Waals surface area contributed by atoms with E-state index in [4.69, 9.17) is 4.74 Å². The predicted molar refractivity (Wildman–Crippen MR) is 60.2 cm³/mol. The summed E-state index contributed by atoms with van der Waals surface area (Å²) in [6.45, 7) is 12.2. The second-order valence-corrected chi connectivity index (χ2v) is 2.65. The maximum absolute atomic E-state index is 5.20. The number of ether oxygens (including phenoxy) is 1. The number of hydrogen-bond donors (Lipinski definition) is 1. The monoisotopic (exact) mass is 189 g/mol. The molecular weight excluding hydrogens is 162 g/mol. The zero-order chi connectivity index (χ0) is 10.4. The van der Waals surface area contributed by atoms with Gasteiger partial charge in [0, 0.05) is 13.2 Å². The van der Waals surface area contributed by atoms with Crippen LogP contribution in [0.2, 0.25) is 0 Å². The molecular formula is C11H27NO. The molecule has 0 bridgehead atoms. The van der Waals surface area contributed by atoms with Crippen LogP contribution >= 0.6 is 0 Å². The Morgan fingerprint density at radius 2 is 1.62 bits per heavy atom. The summed E-state index contributed by atoms with van der Waals surface area (Å²) in [5.41, 5.74) is 0. The van der Waals surface area contributed by atoms with Crippen molar-refractivity contribution >= 4 is 0 Å². The molecule has 0 fully saturated rings. The Bertz CT molecular complexity index is 59.1. The molecule has 0 saturated heterocycles. The van der Waals surface area contributed by atoms with Crippen LogP contribution in [0.25, 0.3) is 0 Å². The van der Waals surface area contributed by atoms with Crippen molar-refractivity contribution in [3.8, 4) is 0 Å². The summed E-state index contributed by atoms with van der Waals surface area (Å²) in [7, 11) is 0. The predicted octanol–water partition coefficient (Wildman–Crippen LogP) is 2.83. The molecule has 0 atom stereocenters. The van der Waals surface area contributed by atoms with Gasteiger partial charge >= 0.3 is 0 Å². The molecule has 1 N–H and O–H groups in total. The van der Waals surface area contributed by atoms with Crippen molar-refractivity contribution in [2.75, 3.05) is 26.3 Å². The van der Waals surface area contributed by atoms with E-state index in [-0.39, 0.29) is 0 Å². The van der Waals surface area contributed by atoms with Gasteiger partial charge in [0.2, 0.25) is 0 Å². The normalized spacial score (nSPS) is 9.23. The molecule has 82 valence electrons. The van der Waals surface area contributed by atoms with Crippen molar-refractivity contribution in [1.82, 2.24) is 5.32 Å². The van der Waals surface area contributed by atoms with Crippen LogP contribution in [0.4, 0.5) is 0 Å². The van der Waals surface area contributed by atoms with Crippen molar-refractivity contribution in [1.29, 1.82) is 0 Å². The van der Waals surface area contributed by atoms with Gasteiger partial charge in [-0.2, -0.15) is 0 Å². The molecule has 0 aromatic rings. The maximum atomic E-state index is 5.20. The van der Waals surface area contributed by atoms with Crippen LogP contribution in [0.1, 0.15) is 47.0 Å². The topological polar surface area (TPSA) is 21.3 Å². The fraction of sp³-hybridized carbons (Fsp3) is 1.00. The first kappa shape index (κ1) is 15.4. The fourth-order valence-electron chi connectivity index (χ4n) is 0.870. The van der Waals surface area contributed by atoms with Crippen molar-refractivity contribution in [3.63, 3.8) is 0 Å². The Labute approximate surface area is 84.1 Å². The third-order valence-electron chi connectivity index (χ3n) is 1.55. The van der Waals surface area contributed by atoms with E-state index < -0.39 is 0 Å². The van der Waals surface area contributed by atoms with Gasteiger partial charge in [0.15, 0.2) is 0 Å². The largest absolute Gasteiger partial charge is 0.382 e. The lowest BCUT2D eigenvalue weighted by atomic mass is 10.3. The Hall–Kier alpha value is -0.0800. The summed E-state index contributed by atoms with van der Waals surface area (Å²) in [5, 5.41) is 3.37. The minimum Gasteiger partial charge on any atom is -0.382 e. The zero-order valence-corrected chi connectivity index (χ0v) is 9.86. The molecule has 0 aromatic heterocycles. The number of hydrogen-bond acceptors (Lipinski definition) is 2. The molecule has 0 radical (unpaired) electrons. The smallest absolute Gasteiger partial charge is 0.0477 e. The van der Waals surface area contributed by atoms with Crippen LogP contribution in [0.15, 0.2) is 0 Å². The average molecular weight is 189 g/mol. The van der Waals surface area contributed by atoms with Gasteiger partial charge in [-0.3, -0.25) is 0 Å². The summed E-state index contributed by atoms with van der Waals surface area (Å²) in [6, 6.07) is 0. The van der Waals surface area contributed by atoms with Gasteiger partial charge in [0.25, 0.3) is 0 Å². The van der Waals surface area contributed by atoms with Crippen LogP contribution in [-0.2, 0) is 4.74 Å². The average Bonchev–Trinajstić information content (AvgIpc) is 2.20. The SMILES string of the molecule is CC.CCCCNCCCOCC. The summed E-state index contributed by atoms with van der Waals surface area (Å²) in [5.74, 6) is 0. The lowest BCUT2D eigenvalue weighted by molar-refractivity contribution is 0.145. The lowest BCUT2D eigenvalue weighted by Gasteiger charge is -2.02. The fourth-order valence-corrected chi connectivity index (χ4v) is 0.870. The molecule has 2 nitrogen and oxygen atoms in total. The Kier molecular flexibility index (Phi) is 21.2. The molecule has 0 saturated carbocycles. The third-order valence-corrected chi connectivity index (χ3v) is 1.55. The van der Waals surface area contributed by atoms with Crippen LogP contribution in [-0.4, -0.2) is 26.3 Å². The molecule has 0 aliphatic carbocycles. The Balaban J connectivity index is 0. The van der Waals surface area contributed by atoms with Crippen molar-refractivity contribution in [2.24, 2.45) is 0 Å². The van der Waals surface area contributed by atoms with E-state index in [0.717, 1.165) is 32.7 Å². The summed E-state index contributed by atoms with van der Waals surface area (Å²) >= 11 is 0. The van der Waals surface area contributed by atoms with Crippen LogP contribution in [0.3, 0.4) is 0 Å². The first-order chi connectivity index (χ1) is 6.41. The van der Waals surface area contributed by atoms with E-state index in [1.54, 1.807) is 0 Å². The van der Waals surface area contributed by atoms with Crippen LogP contribution < -0.4 is 5.32 Å². The highest BCUT2D eigenvalue weighted by molar-refractivity contribution is 4.46. The molecule has 0 rings (SSSR count). The minimum absolute atomic E-state index is 0.842. The lowest BCUT2D eigenvalue weighted by Crippen LogP contribution is -2.17. The van der Waals surface area contributed by atoms with Gasteiger partial charge in [-0.1, -0.05) is 27.2 Å².